The molecule has 2 fully saturated rings. The van der Waals surface area contributed by atoms with E-state index in [2.05, 4.69) is 30.6 Å². The van der Waals surface area contributed by atoms with Crippen LogP contribution in [0.3, 0.4) is 0 Å². The van der Waals surface area contributed by atoms with Crippen LogP contribution in [0.25, 0.3) is 0 Å². The summed E-state index contributed by atoms with van der Waals surface area (Å²) in [5.74, 6) is 1.38. The SMILES string of the molecule is Cl.Cl.NC1=NC2(CCCC2)NC(N)=N1.NC1=NC2(CCCC2)NC(N)=N1. The highest BCUT2D eigenvalue weighted by atomic mass is 35.5. The number of nitrogens with zero attached hydrogens (tertiary/aromatic N) is 4. The molecule has 10 N–H and O–H groups in total. The molecule has 2 saturated carbocycles. The fourth-order valence-electron chi connectivity index (χ4n) is 3.72. The van der Waals surface area contributed by atoms with Crippen LogP contribution in [0.4, 0.5) is 0 Å². The number of rotatable bonds is 0. The third-order valence-electron chi connectivity index (χ3n) is 4.71. The van der Waals surface area contributed by atoms with Crippen molar-refractivity contribution in [3.05, 3.63) is 0 Å². The predicted octanol–water partition coefficient (Wildman–Crippen LogP) is -0.178. The zero-order valence-corrected chi connectivity index (χ0v) is 16.2. The Kier molecular flexibility index (Phi) is 7.34. The molecule has 0 unspecified atom stereocenters. The maximum Gasteiger partial charge on any atom is 0.220 e. The van der Waals surface area contributed by atoms with Crippen molar-refractivity contribution in [1.29, 1.82) is 0 Å². The summed E-state index contributed by atoms with van der Waals surface area (Å²) in [5, 5.41) is 6.16. The number of hydrogen-bond acceptors (Lipinski definition) is 10. The average molecular weight is 407 g/mol. The highest BCUT2D eigenvalue weighted by Crippen LogP contribution is 2.32. The van der Waals surface area contributed by atoms with E-state index in [4.69, 9.17) is 22.9 Å². The van der Waals surface area contributed by atoms with Crippen molar-refractivity contribution in [2.24, 2.45) is 42.9 Å². The predicted molar refractivity (Wildman–Crippen MR) is 110 cm³/mol. The van der Waals surface area contributed by atoms with E-state index in [0.29, 0.717) is 23.8 Å². The van der Waals surface area contributed by atoms with Gasteiger partial charge in [-0.05, 0) is 51.4 Å². The standard InChI is InChI=1S/2C7H13N5.2ClH/c2*8-5-10-6(9)12-7(11-5)3-1-2-4-7;;/h2*1-4H2,(H5,8,9,10,11,12);2*1H. The number of aliphatic imine (C=N–C) groups is 4. The van der Waals surface area contributed by atoms with Gasteiger partial charge in [0.05, 0.1) is 0 Å². The van der Waals surface area contributed by atoms with Crippen molar-refractivity contribution >= 4 is 48.7 Å². The first-order valence-corrected chi connectivity index (χ1v) is 8.36. The molecule has 2 heterocycles. The minimum atomic E-state index is -0.226. The van der Waals surface area contributed by atoms with Crippen LogP contribution in [0.2, 0.25) is 0 Å². The van der Waals surface area contributed by atoms with Crippen LogP contribution in [-0.4, -0.2) is 35.2 Å². The molecule has 0 aromatic carbocycles. The number of nitrogens with one attached hydrogen (secondary N) is 2. The maximum atomic E-state index is 5.56. The molecule has 148 valence electrons. The summed E-state index contributed by atoms with van der Waals surface area (Å²) in [5.41, 5.74) is 21.7. The lowest BCUT2D eigenvalue weighted by atomic mass is 10.1. The second kappa shape index (κ2) is 8.63. The zero-order chi connectivity index (χ0) is 17.2. The van der Waals surface area contributed by atoms with E-state index in [9.17, 15) is 0 Å². The molecule has 0 saturated heterocycles. The summed E-state index contributed by atoms with van der Waals surface area (Å²) in [6.07, 6.45) is 8.73. The van der Waals surface area contributed by atoms with E-state index < -0.39 is 0 Å². The normalized spacial score (nSPS) is 24.3. The first-order chi connectivity index (χ1) is 11.4. The molecule has 2 aliphatic carbocycles. The lowest BCUT2D eigenvalue weighted by Crippen LogP contribution is -2.52. The van der Waals surface area contributed by atoms with Crippen molar-refractivity contribution in [1.82, 2.24) is 10.6 Å². The van der Waals surface area contributed by atoms with Crippen LogP contribution in [0.15, 0.2) is 20.0 Å². The molecule has 10 nitrogen and oxygen atoms in total. The van der Waals surface area contributed by atoms with E-state index in [-0.39, 0.29) is 36.1 Å². The topological polar surface area (TPSA) is 178 Å². The highest BCUT2D eigenvalue weighted by Gasteiger charge is 2.36. The molecule has 12 heteroatoms. The zero-order valence-electron chi connectivity index (χ0n) is 14.6. The first kappa shape index (κ1) is 22.1. The molecular weight excluding hydrogens is 379 g/mol. The fraction of sp³-hybridized carbons (Fsp3) is 0.714. The van der Waals surface area contributed by atoms with Crippen molar-refractivity contribution < 1.29 is 0 Å². The average Bonchev–Trinajstić information content (AvgIpc) is 3.07. The summed E-state index contributed by atoms with van der Waals surface area (Å²) in [6.45, 7) is 0. The smallest absolute Gasteiger partial charge is 0.220 e. The van der Waals surface area contributed by atoms with Gasteiger partial charge in [0.15, 0.2) is 11.9 Å². The summed E-state index contributed by atoms with van der Waals surface area (Å²) >= 11 is 0. The number of guanidine groups is 4. The number of nitrogens with two attached hydrogens (primary N) is 4. The molecular formula is C14H28Cl2N10. The fourth-order valence-corrected chi connectivity index (χ4v) is 3.72. The quantitative estimate of drug-likeness (QED) is 0.324. The second-order valence-corrected chi connectivity index (χ2v) is 6.66. The monoisotopic (exact) mass is 406 g/mol. The molecule has 26 heavy (non-hydrogen) atoms. The third-order valence-corrected chi connectivity index (χ3v) is 4.71. The Morgan fingerprint density at radius 3 is 1.19 bits per heavy atom. The van der Waals surface area contributed by atoms with E-state index in [1.165, 1.54) is 25.7 Å². The lowest BCUT2D eigenvalue weighted by Gasteiger charge is -2.29. The van der Waals surface area contributed by atoms with E-state index in [1.807, 2.05) is 0 Å². The lowest BCUT2D eigenvalue weighted by molar-refractivity contribution is 0.402. The van der Waals surface area contributed by atoms with Gasteiger partial charge in [-0.25, -0.2) is 9.98 Å². The van der Waals surface area contributed by atoms with Gasteiger partial charge in [0.2, 0.25) is 11.9 Å². The van der Waals surface area contributed by atoms with Crippen LogP contribution in [0, 0.1) is 0 Å². The van der Waals surface area contributed by atoms with Gasteiger partial charge in [-0.1, -0.05) is 0 Å². The molecule has 2 aliphatic heterocycles. The van der Waals surface area contributed by atoms with Crippen LogP contribution in [0.5, 0.6) is 0 Å². The minimum Gasteiger partial charge on any atom is -0.370 e. The minimum absolute atomic E-state index is 0. The Bertz CT molecular complexity index is 561. The Balaban J connectivity index is 0.000000241. The van der Waals surface area contributed by atoms with Gasteiger partial charge < -0.3 is 33.6 Å². The van der Waals surface area contributed by atoms with Crippen molar-refractivity contribution in [3.8, 4) is 0 Å². The summed E-state index contributed by atoms with van der Waals surface area (Å²) in [6, 6.07) is 0. The molecule has 0 amide bonds. The Labute approximate surface area is 165 Å². The number of hydrogen-bond donors (Lipinski definition) is 6. The van der Waals surface area contributed by atoms with Gasteiger partial charge in [-0.2, -0.15) is 9.98 Å². The van der Waals surface area contributed by atoms with Gasteiger partial charge in [-0.15, -0.1) is 24.8 Å². The second-order valence-electron chi connectivity index (χ2n) is 6.66. The summed E-state index contributed by atoms with van der Waals surface area (Å²) < 4.78 is 0. The van der Waals surface area contributed by atoms with Crippen molar-refractivity contribution in [3.63, 3.8) is 0 Å². The van der Waals surface area contributed by atoms with E-state index in [1.54, 1.807) is 0 Å². The highest BCUT2D eigenvalue weighted by molar-refractivity contribution is 5.96. The van der Waals surface area contributed by atoms with Gasteiger partial charge in [0.25, 0.3) is 0 Å². The van der Waals surface area contributed by atoms with E-state index in [0.717, 1.165) is 25.7 Å². The van der Waals surface area contributed by atoms with Crippen molar-refractivity contribution in [2.45, 2.75) is 62.7 Å². The Morgan fingerprint density at radius 1 is 0.615 bits per heavy atom. The summed E-state index contributed by atoms with van der Waals surface area (Å²) in [7, 11) is 0. The van der Waals surface area contributed by atoms with Gasteiger partial charge in [-0.3, -0.25) is 0 Å². The maximum absolute atomic E-state index is 5.56. The molecule has 0 aromatic rings. The third kappa shape index (κ3) is 5.04. The molecule has 4 aliphatic rings. The first-order valence-electron chi connectivity index (χ1n) is 8.36. The van der Waals surface area contributed by atoms with Crippen LogP contribution < -0.4 is 33.6 Å². The Morgan fingerprint density at radius 2 is 0.923 bits per heavy atom. The number of halogens is 2. The van der Waals surface area contributed by atoms with Crippen LogP contribution >= 0.6 is 24.8 Å². The van der Waals surface area contributed by atoms with Gasteiger partial charge in [0, 0.05) is 0 Å². The molecule has 0 radical (unpaired) electrons. The van der Waals surface area contributed by atoms with E-state index >= 15 is 0 Å². The van der Waals surface area contributed by atoms with Crippen molar-refractivity contribution in [2.75, 3.05) is 0 Å². The van der Waals surface area contributed by atoms with Crippen LogP contribution in [-0.2, 0) is 0 Å². The van der Waals surface area contributed by atoms with Gasteiger partial charge in [0.1, 0.15) is 11.3 Å². The molecule has 4 rings (SSSR count). The Hall–Kier alpha value is -1.94. The van der Waals surface area contributed by atoms with Gasteiger partial charge >= 0.3 is 0 Å². The molecule has 0 atom stereocenters. The summed E-state index contributed by atoms with van der Waals surface area (Å²) in [4.78, 5) is 16.2. The molecule has 2 spiro atoms. The van der Waals surface area contributed by atoms with Crippen LogP contribution in [0.1, 0.15) is 51.4 Å². The largest absolute Gasteiger partial charge is 0.370 e. The molecule has 0 aromatic heterocycles. The molecule has 0 bridgehead atoms.